The number of rotatable bonds is 4. The minimum atomic E-state index is -0.958. The van der Waals surface area contributed by atoms with Gasteiger partial charge in [0, 0.05) is 5.02 Å². The second-order valence-corrected chi connectivity index (χ2v) is 4.58. The van der Waals surface area contributed by atoms with Crippen LogP contribution in [0.25, 0.3) is 0 Å². The molecule has 1 aromatic carbocycles. The summed E-state index contributed by atoms with van der Waals surface area (Å²) in [5, 5.41) is 15.5. The molecule has 0 aliphatic carbocycles. The van der Waals surface area contributed by atoms with E-state index in [2.05, 4.69) is 20.7 Å². The quantitative estimate of drug-likeness (QED) is 0.916. The zero-order valence-electron chi connectivity index (χ0n) is 10.2. The first-order valence-corrected chi connectivity index (χ1v) is 5.91. The van der Waals surface area contributed by atoms with Gasteiger partial charge in [-0.15, -0.1) is 10.2 Å². The Hall–Kier alpha value is -2.02. The van der Waals surface area contributed by atoms with Crippen molar-refractivity contribution in [1.82, 2.24) is 0 Å². The smallest absolute Gasteiger partial charge is 0.404 e. The highest BCUT2D eigenvalue weighted by Crippen LogP contribution is 2.39. The van der Waals surface area contributed by atoms with Crippen molar-refractivity contribution < 1.29 is 9.53 Å². The standard InChI is InChI=1S/C11H12ClN5O2/c1-11(14-16-17-15-11)8(6-19-10(13)18)7-4-2-3-5-9(7)12/h2-5,8H,6H2,1H3,(H2,13,18). The Bertz CT molecular complexity index is 534. The van der Waals surface area contributed by atoms with Gasteiger partial charge >= 0.3 is 6.09 Å². The monoisotopic (exact) mass is 281 g/mol. The molecule has 1 aliphatic rings. The van der Waals surface area contributed by atoms with Crippen LogP contribution in [0.15, 0.2) is 44.9 Å². The van der Waals surface area contributed by atoms with Crippen molar-refractivity contribution in [2.45, 2.75) is 18.5 Å². The molecular formula is C11H12ClN5O2. The van der Waals surface area contributed by atoms with Gasteiger partial charge in [-0.25, -0.2) is 4.79 Å². The number of nitrogens with two attached hydrogens (primary N) is 1. The minimum Gasteiger partial charge on any atom is -0.449 e. The van der Waals surface area contributed by atoms with Crippen molar-refractivity contribution in [3.63, 3.8) is 0 Å². The first kappa shape index (κ1) is 13.4. The molecule has 100 valence electrons. The third-order valence-electron chi connectivity index (χ3n) is 2.87. The van der Waals surface area contributed by atoms with E-state index in [-0.39, 0.29) is 6.61 Å². The number of hydrogen-bond acceptors (Lipinski definition) is 6. The Kier molecular flexibility index (Phi) is 3.75. The van der Waals surface area contributed by atoms with Gasteiger partial charge in [0.25, 0.3) is 0 Å². The molecular weight excluding hydrogens is 270 g/mol. The lowest BCUT2D eigenvalue weighted by Crippen LogP contribution is -2.32. The fourth-order valence-electron chi connectivity index (χ4n) is 1.85. The Morgan fingerprint density at radius 1 is 1.42 bits per heavy atom. The maximum Gasteiger partial charge on any atom is 0.404 e. The number of primary amides is 1. The van der Waals surface area contributed by atoms with E-state index in [0.29, 0.717) is 5.02 Å². The van der Waals surface area contributed by atoms with Gasteiger partial charge in [-0.1, -0.05) is 29.8 Å². The van der Waals surface area contributed by atoms with Gasteiger partial charge in [-0.3, -0.25) is 0 Å². The molecule has 1 unspecified atom stereocenters. The van der Waals surface area contributed by atoms with E-state index in [0.717, 1.165) is 5.56 Å². The first-order chi connectivity index (χ1) is 9.03. The number of carbonyl (C=O) groups excluding carboxylic acids is 1. The van der Waals surface area contributed by atoms with Crippen molar-refractivity contribution in [3.05, 3.63) is 34.9 Å². The number of ether oxygens (including phenoxy) is 1. The van der Waals surface area contributed by atoms with E-state index in [4.69, 9.17) is 22.1 Å². The molecule has 0 spiro atoms. The van der Waals surface area contributed by atoms with E-state index in [1.165, 1.54) is 0 Å². The molecule has 0 saturated heterocycles. The van der Waals surface area contributed by atoms with Crippen LogP contribution in [-0.2, 0) is 4.74 Å². The Morgan fingerprint density at radius 2 is 2.05 bits per heavy atom. The lowest BCUT2D eigenvalue weighted by atomic mass is 9.88. The molecule has 7 nitrogen and oxygen atoms in total. The lowest BCUT2D eigenvalue weighted by Gasteiger charge is -2.26. The van der Waals surface area contributed by atoms with Crippen molar-refractivity contribution in [3.8, 4) is 0 Å². The Morgan fingerprint density at radius 3 is 2.63 bits per heavy atom. The van der Waals surface area contributed by atoms with Gasteiger partial charge in [-0.2, -0.15) is 0 Å². The molecule has 1 aliphatic heterocycles. The Labute approximate surface area is 114 Å². The maximum absolute atomic E-state index is 10.8. The number of carbonyl (C=O) groups is 1. The first-order valence-electron chi connectivity index (χ1n) is 5.53. The summed E-state index contributed by atoms with van der Waals surface area (Å²) in [6.07, 6.45) is -0.868. The predicted molar refractivity (Wildman–Crippen MR) is 67.8 cm³/mol. The topological polar surface area (TPSA) is 102 Å². The second kappa shape index (κ2) is 5.31. The molecule has 1 amide bonds. The van der Waals surface area contributed by atoms with Crippen LogP contribution in [0, 0.1) is 0 Å². The minimum absolute atomic E-state index is 0.00634. The van der Waals surface area contributed by atoms with Crippen LogP contribution in [0.2, 0.25) is 5.02 Å². The van der Waals surface area contributed by atoms with Crippen molar-refractivity contribution >= 4 is 17.7 Å². The van der Waals surface area contributed by atoms with Crippen LogP contribution in [0.4, 0.5) is 4.79 Å². The number of halogens is 1. The lowest BCUT2D eigenvalue weighted by molar-refractivity contribution is 0.136. The van der Waals surface area contributed by atoms with Gasteiger partial charge in [0.2, 0.25) is 5.66 Å². The van der Waals surface area contributed by atoms with Gasteiger partial charge in [0.05, 0.1) is 5.92 Å². The van der Waals surface area contributed by atoms with E-state index in [1.54, 1.807) is 19.1 Å². The summed E-state index contributed by atoms with van der Waals surface area (Å²) in [6.45, 7) is 1.72. The molecule has 2 N–H and O–H groups in total. The van der Waals surface area contributed by atoms with Crippen molar-refractivity contribution in [2.24, 2.45) is 26.4 Å². The van der Waals surface area contributed by atoms with Crippen LogP contribution >= 0.6 is 11.6 Å². The molecule has 1 atom stereocenters. The SMILES string of the molecule is CC1(C(COC(N)=O)c2ccccc2Cl)N=NN=N1. The molecule has 0 bridgehead atoms. The maximum atomic E-state index is 10.8. The average molecular weight is 282 g/mol. The molecule has 0 saturated carbocycles. The fourth-order valence-corrected chi connectivity index (χ4v) is 2.11. The van der Waals surface area contributed by atoms with Crippen LogP contribution < -0.4 is 5.73 Å². The molecule has 2 rings (SSSR count). The number of benzene rings is 1. The largest absolute Gasteiger partial charge is 0.449 e. The summed E-state index contributed by atoms with van der Waals surface area (Å²) in [5.41, 5.74) is 4.78. The predicted octanol–water partition coefficient (Wildman–Crippen LogP) is 3.07. The van der Waals surface area contributed by atoms with Gasteiger partial charge in [0.15, 0.2) is 0 Å². The number of nitrogens with zero attached hydrogens (tertiary/aromatic N) is 4. The molecule has 8 heteroatoms. The summed E-state index contributed by atoms with van der Waals surface area (Å²) < 4.78 is 4.87. The summed E-state index contributed by atoms with van der Waals surface area (Å²) in [4.78, 5) is 10.8. The third-order valence-corrected chi connectivity index (χ3v) is 3.21. The van der Waals surface area contributed by atoms with Gasteiger partial charge in [0.1, 0.15) is 6.61 Å². The molecule has 1 heterocycles. The summed E-state index contributed by atoms with van der Waals surface area (Å²) in [5.74, 6) is -0.413. The van der Waals surface area contributed by atoms with E-state index >= 15 is 0 Å². The van der Waals surface area contributed by atoms with E-state index < -0.39 is 17.7 Å². The summed E-state index contributed by atoms with van der Waals surface area (Å²) in [6, 6.07) is 7.18. The zero-order valence-corrected chi connectivity index (χ0v) is 10.9. The second-order valence-electron chi connectivity index (χ2n) is 4.18. The molecule has 19 heavy (non-hydrogen) atoms. The van der Waals surface area contributed by atoms with E-state index in [1.807, 2.05) is 12.1 Å². The molecule has 0 aromatic heterocycles. The van der Waals surface area contributed by atoms with E-state index in [9.17, 15) is 4.79 Å². The molecule has 0 fully saturated rings. The third kappa shape index (κ3) is 2.87. The fraction of sp³-hybridized carbons (Fsp3) is 0.364. The van der Waals surface area contributed by atoms with Crippen LogP contribution in [-0.4, -0.2) is 18.4 Å². The van der Waals surface area contributed by atoms with Crippen LogP contribution in [0.1, 0.15) is 18.4 Å². The molecule has 0 radical (unpaired) electrons. The normalized spacial score (nSPS) is 17.4. The van der Waals surface area contributed by atoms with Crippen molar-refractivity contribution in [1.29, 1.82) is 0 Å². The summed E-state index contributed by atoms with van der Waals surface area (Å²) in [7, 11) is 0. The number of hydrogen-bond donors (Lipinski definition) is 1. The molecule has 1 aromatic rings. The van der Waals surface area contributed by atoms with Gasteiger partial charge < -0.3 is 10.5 Å². The Balaban J connectivity index is 2.34. The van der Waals surface area contributed by atoms with Crippen molar-refractivity contribution in [2.75, 3.05) is 6.61 Å². The highest BCUT2D eigenvalue weighted by Gasteiger charge is 2.40. The highest BCUT2D eigenvalue weighted by atomic mass is 35.5. The van der Waals surface area contributed by atoms with Gasteiger partial charge in [-0.05, 0) is 29.0 Å². The summed E-state index contributed by atoms with van der Waals surface area (Å²) >= 11 is 6.16. The van der Waals surface area contributed by atoms with Crippen LogP contribution in [0.5, 0.6) is 0 Å². The number of amides is 1. The zero-order chi connectivity index (χ0) is 13.9. The average Bonchev–Trinajstić information content (AvgIpc) is 2.79. The highest BCUT2D eigenvalue weighted by molar-refractivity contribution is 6.31. The van der Waals surface area contributed by atoms with Crippen LogP contribution in [0.3, 0.4) is 0 Å².